The van der Waals surface area contributed by atoms with Crippen molar-refractivity contribution in [2.24, 2.45) is 0 Å². The fourth-order valence-electron chi connectivity index (χ4n) is 3.87. The number of benzene rings is 1. The Kier molecular flexibility index (Phi) is 7.29. The van der Waals surface area contributed by atoms with Crippen LogP contribution in [0.15, 0.2) is 27.8 Å². The first-order valence-corrected chi connectivity index (χ1v) is 11.8. The normalized spacial score (nSPS) is 12.1. The molecular formula is C22H24ClF3N8O2. The topological polar surface area (TPSA) is 116 Å². The molecule has 4 rings (SSSR count). The molecule has 4 aromatic rings. The van der Waals surface area contributed by atoms with Crippen molar-refractivity contribution in [2.75, 3.05) is 0 Å². The molecule has 0 saturated carbocycles. The summed E-state index contributed by atoms with van der Waals surface area (Å²) in [6.45, 7) is 3.36. The van der Waals surface area contributed by atoms with Crippen LogP contribution in [0, 0.1) is 5.82 Å². The molecule has 0 aliphatic rings. The van der Waals surface area contributed by atoms with Gasteiger partial charge in [0.2, 0.25) is 5.28 Å². The van der Waals surface area contributed by atoms with Crippen LogP contribution >= 0.6 is 11.6 Å². The summed E-state index contributed by atoms with van der Waals surface area (Å²) >= 11 is 5.94. The molecule has 0 aliphatic heterocycles. The maximum atomic E-state index is 13.7. The van der Waals surface area contributed by atoms with Crippen molar-refractivity contribution in [3.8, 4) is 0 Å². The Morgan fingerprint density at radius 3 is 2.58 bits per heavy atom. The number of unbranched alkanes of at least 4 members (excludes halogenated alkanes) is 1. The lowest BCUT2D eigenvalue weighted by atomic mass is 10.0. The zero-order valence-electron chi connectivity index (χ0n) is 19.6. The van der Waals surface area contributed by atoms with Gasteiger partial charge in [0, 0.05) is 26.4 Å². The second-order valence-corrected chi connectivity index (χ2v) is 8.86. The molecule has 3 aromatic heterocycles. The minimum absolute atomic E-state index is 0.0276. The van der Waals surface area contributed by atoms with Crippen LogP contribution in [-0.2, 0) is 32.0 Å². The number of aromatic nitrogens is 8. The number of nitrogens with one attached hydrogen (secondary N) is 1. The summed E-state index contributed by atoms with van der Waals surface area (Å²) in [5.74, 6) is -4.04. The van der Waals surface area contributed by atoms with Crippen LogP contribution in [0.3, 0.4) is 0 Å². The summed E-state index contributed by atoms with van der Waals surface area (Å²) in [6, 6.07) is 3.46. The molecule has 1 aromatic carbocycles. The quantitative estimate of drug-likeness (QED) is 0.318. The summed E-state index contributed by atoms with van der Waals surface area (Å²) in [5, 5.41) is 12.1. The van der Waals surface area contributed by atoms with E-state index in [1.807, 2.05) is 6.92 Å². The first-order valence-electron chi connectivity index (χ1n) is 11.4. The number of hydrogen-bond donors (Lipinski definition) is 1. The molecule has 0 fully saturated rings. The zero-order valence-corrected chi connectivity index (χ0v) is 20.4. The standard InChI is InChI=1S/C22H24ClF3N8O2/c1-3-4-8-32-18-17(27-20(23)28-18)19(35)33(21(32)36)9-5-10-34-30-16(29-31-34)12-13-6-7-15(24)14(11-13)22(2,25)26/h6-7,11H,3-5,8-10,12H2,1-2H3,(H,27,28). The van der Waals surface area contributed by atoms with Crippen molar-refractivity contribution in [2.45, 2.75) is 65.1 Å². The van der Waals surface area contributed by atoms with Crippen molar-refractivity contribution in [1.82, 2.24) is 39.3 Å². The van der Waals surface area contributed by atoms with Gasteiger partial charge in [-0.25, -0.2) is 18.0 Å². The van der Waals surface area contributed by atoms with Crippen LogP contribution in [0.4, 0.5) is 13.2 Å². The van der Waals surface area contributed by atoms with Crippen molar-refractivity contribution in [3.05, 3.63) is 67.1 Å². The van der Waals surface area contributed by atoms with Gasteiger partial charge in [0.15, 0.2) is 17.0 Å². The van der Waals surface area contributed by atoms with Gasteiger partial charge in [-0.3, -0.25) is 13.9 Å². The second-order valence-electron chi connectivity index (χ2n) is 8.51. The molecule has 0 radical (unpaired) electrons. The molecule has 0 bridgehead atoms. The molecular weight excluding hydrogens is 501 g/mol. The van der Waals surface area contributed by atoms with Crippen LogP contribution < -0.4 is 11.2 Å². The van der Waals surface area contributed by atoms with E-state index in [4.69, 9.17) is 11.6 Å². The maximum Gasteiger partial charge on any atom is 0.332 e. The van der Waals surface area contributed by atoms with E-state index < -0.39 is 28.6 Å². The monoisotopic (exact) mass is 524 g/mol. The number of H-pyrrole nitrogens is 1. The molecule has 10 nitrogen and oxygen atoms in total. The van der Waals surface area contributed by atoms with Gasteiger partial charge >= 0.3 is 5.69 Å². The molecule has 3 heterocycles. The van der Waals surface area contributed by atoms with Crippen LogP contribution in [-0.4, -0.2) is 39.3 Å². The van der Waals surface area contributed by atoms with Gasteiger partial charge in [0.1, 0.15) is 5.82 Å². The zero-order chi connectivity index (χ0) is 26.0. The lowest BCUT2D eigenvalue weighted by Crippen LogP contribution is -2.40. The highest BCUT2D eigenvalue weighted by Gasteiger charge is 2.28. The van der Waals surface area contributed by atoms with E-state index in [9.17, 15) is 22.8 Å². The van der Waals surface area contributed by atoms with E-state index in [0.29, 0.717) is 25.5 Å². The van der Waals surface area contributed by atoms with Crippen molar-refractivity contribution in [3.63, 3.8) is 0 Å². The van der Waals surface area contributed by atoms with Gasteiger partial charge in [-0.2, -0.15) is 9.78 Å². The molecule has 0 atom stereocenters. The number of rotatable bonds is 10. The smallest absolute Gasteiger partial charge is 0.323 e. The predicted molar refractivity (Wildman–Crippen MR) is 126 cm³/mol. The maximum absolute atomic E-state index is 13.7. The van der Waals surface area contributed by atoms with E-state index in [0.717, 1.165) is 29.5 Å². The first-order chi connectivity index (χ1) is 17.1. The van der Waals surface area contributed by atoms with Crippen LogP contribution in [0.25, 0.3) is 11.2 Å². The molecule has 192 valence electrons. The van der Waals surface area contributed by atoms with E-state index >= 15 is 0 Å². The lowest BCUT2D eigenvalue weighted by molar-refractivity contribution is 0.0137. The molecule has 0 spiro atoms. The van der Waals surface area contributed by atoms with Gasteiger partial charge < -0.3 is 4.98 Å². The highest BCUT2D eigenvalue weighted by atomic mass is 35.5. The third-order valence-corrected chi connectivity index (χ3v) is 5.85. The van der Waals surface area contributed by atoms with Gasteiger partial charge in [-0.1, -0.05) is 19.4 Å². The Morgan fingerprint density at radius 1 is 1.11 bits per heavy atom. The molecule has 0 saturated heterocycles. The largest absolute Gasteiger partial charge is 0.332 e. The summed E-state index contributed by atoms with van der Waals surface area (Å²) in [5.41, 5.74) is -0.887. The van der Waals surface area contributed by atoms with Crippen molar-refractivity contribution in [1.29, 1.82) is 0 Å². The third kappa shape index (κ3) is 5.35. The highest BCUT2D eigenvalue weighted by Crippen LogP contribution is 2.30. The number of fused-ring (bicyclic) bond motifs is 1. The Labute approximate surface area is 207 Å². The Bertz CT molecular complexity index is 1500. The second kappa shape index (κ2) is 10.2. The van der Waals surface area contributed by atoms with Gasteiger partial charge in [-0.15, -0.1) is 10.2 Å². The number of halogens is 4. The number of hydrogen-bond acceptors (Lipinski definition) is 6. The van der Waals surface area contributed by atoms with Crippen LogP contribution in [0.1, 0.15) is 50.1 Å². The lowest BCUT2D eigenvalue weighted by Gasteiger charge is -2.12. The van der Waals surface area contributed by atoms with E-state index in [2.05, 4.69) is 25.4 Å². The molecule has 1 N–H and O–H groups in total. The molecule has 0 aliphatic carbocycles. The molecule has 0 amide bonds. The Morgan fingerprint density at radius 2 is 1.86 bits per heavy atom. The minimum atomic E-state index is -3.32. The van der Waals surface area contributed by atoms with Crippen molar-refractivity contribution >= 4 is 22.8 Å². The van der Waals surface area contributed by atoms with E-state index in [-0.39, 0.29) is 41.8 Å². The average molecular weight is 525 g/mol. The van der Waals surface area contributed by atoms with Crippen molar-refractivity contribution < 1.29 is 13.2 Å². The number of aromatic amines is 1. The van der Waals surface area contributed by atoms with E-state index in [1.165, 1.54) is 15.4 Å². The van der Waals surface area contributed by atoms with E-state index in [1.54, 1.807) is 0 Å². The Hall–Kier alpha value is -3.48. The summed E-state index contributed by atoms with van der Waals surface area (Å²) in [4.78, 5) is 33.9. The van der Waals surface area contributed by atoms with Crippen LogP contribution in [0.2, 0.25) is 5.28 Å². The SMILES string of the molecule is CCCCn1c(=O)n(CCCn2nnc(Cc3ccc(F)c(C(C)(F)F)c3)n2)c(=O)c2[nH]c(Cl)nc21. The Balaban J connectivity index is 1.47. The van der Waals surface area contributed by atoms with Gasteiger partial charge in [0.05, 0.1) is 12.1 Å². The fraction of sp³-hybridized carbons (Fsp3) is 0.455. The number of tetrazole rings is 1. The highest BCUT2D eigenvalue weighted by molar-refractivity contribution is 6.28. The fourth-order valence-corrected chi connectivity index (χ4v) is 4.04. The summed E-state index contributed by atoms with van der Waals surface area (Å²) in [7, 11) is 0. The number of nitrogens with zero attached hydrogens (tertiary/aromatic N) is 7. The minimum Gasteiger partial charge on any atom is -0.323 e. The van der Waals surface area contributed by atoms with Gasteiger partial charge in [-0.05, 0) is 47.4 Å². The predicted octanol–water partition coefficient (Wildman–Crippen LogP) is 3.26. The average Bonchev–Trinajstić information content (AvgIpc) is 3.43. The van der Waals surface area contributed by atoms with Crippen LogP contribution in [0.5, 0.6) is 0 Å². The molecule has 0 unspecified atom stereocenters. The summed E-state index contributed by atoms with van der Waals surface area (Å²) in [6.07, 6.45) is 2.01. The van der Waals surface area contributed by atoms with Gasteiger partial charge in [0.25, 0.3) is 11.5 Å². The number of aryl methyl sites for hydroxylation is 2. The summed E-state index contributed by atoms with van der Waals surface area (Å²) < 4.78 is 43.5. The first kappa shape index (κ1) is 25.6. The number of imidazole rings is 1. The third-order valence-electron chi connectivity index (χ3n) is 5.67. The molecule has 14 heteroatoms. The molecule has 36 heavy (non-hydrogen) atoms. The number of alkyl halides is 2.